The van der Waals surface area contributed by atoms with Gasteiger partial charge in [0.15, 0.2) is 5.65 Å². The Labute approximate surface area is 131 Å². The summed E-state index contributed by atoms with van der Waals surface area (Å²) in [7, 11) is 0. The van der Waals surface area contributed by atoms with E-state index in [1.807, 2.05) is 0 Å². The highest BCUT2D eigenvalue weighted by molar-refractivity contribution is 6.01. The zero-order valence-corrected chi connectivity index (χ0v) is 11.6. The van der Waals surface area contributed by atoms with Crippen LogP contribution in [0.5, 0.6) is 5.75 Å². The molecular weight excluding hydrogens is 332 g/mol. The number of halogens is 4. The maximum Gasteiger partial charge on any atom is 0.419 e. The minimum absolute atomic E-state index is 0.242. The molecule has 0 saturated carbocycles. The van der Waals surface area contributed by atoms with Gasteiger partial charge in [0, 0.05) is 11.6 Å². The molecule has 1 amide bonds. The number of rotatable bonds is 2. The average molecular weight is 339 g/mol. The summed E-state index contributed by atoms with van der Waals surface area (Å²) in [5, 5.41) is 13.6. The Morgan fingerprint density at radius 2 is 2.00 bits per heavy atom. The Balaban J connectivity index is 2.35. The molecule has 123 valence electrons. The summed E-state index contributed by atoms with van der Waals surface area (Å²) >= 11 is 0. The lowest BCUT2D eigenvalue weighted by atomic mass is 10.0. The predicted molar refractivity (Wildman–Crippen MR) is 72.5 cm³/mol. The van der Waals surface area contributed by atoms with E-state index in [1.165, 1.54) is 0 Å². The topological polar surface area (TPSA) is 91.3 Å². The molecule has 1 aromatic carbocycles. The van der Waals surface area contributed by atoms with Crippen LogP contribution in [0.1, 0.15) is 15.9 Å². The molecule has 1 radical (unpaired) electrons. The van der Waals surface area contributed by atoms with Gasteiger partial charge >= 0.3 is 6.18 Å². The van der Waals surface area contributed by atoms with Crippen molar-refractivity contribution >= 4 is 11.6 Å². The molecule has 2 heterocycles. The summed E-state index contributed by atoms with van der Waals surface area (Å²) in [4.78, 5) is 15.0. The second kappa shape index (κ2) is 5.18. The third-order valence-electron chi connectivity index (χ3n) is 3.34. The van der Waals surface area contributed by atoms with Crippen molar-refractivity contribution in [3.63, 3.8) is 0 Å². The highest BCUT2D eigenvalue weighted by Gasteiger charge is 2.35. The lowest BCUT2D eigenvalue weighted by Crippen LogP contribution is -2.10. The van der Waals surface area contributed by atoms with E-state index < -0.39 is 40.3 Å². The third-order valence-corrected chi connectivity index (χ3v) is 3.34. The number of aromatic nitrogens is 3. The molecule has 0 aliphatic rings. The van der Waals surface area contributed by atoms with Crippen molar-refractivity contribution in [3.05, 3.63) is 47.5 Å². The fourth-order valence-corrected chi connectivity index (χ4v) is 2.32. The number of carbonyl (C=O) groups excluding carboxylic acids is 1. The molecule has 0 bridgehead atoms. The number of fused-ring (bicyclic) bond motifs is 1. The zero-order valence-electron chi connectivity index (χ0n) is 11.6. The van der Waals surface area contributed by atoms with Gasteiger partial charge in [0.1, 0.15) is 23.5 Å². The molecule has 0 atom stereocenters. The largest absolute Gasteiger partial charge is 0.507 e. The SMILES string of the molecule is [NH]C(=O)c1c(O)cc(-c2cccc(C(F)(F)F)c2F)n2ncnc12. The minimum atomic E-state index is -4.90. The van der Waals surface area contributed by atoms with Gasteiger partial charge in [-0.15, -0.1) is 0 Å². The third kappa shape index (κ3) is 2.32. The van der Waals surface area contributed by atoms with E-state index >= 15 is 0 Å². The number of alkyl halides is 3. The van der Waals surface area contributed by atoms with Gasteiger partial charge in [-0.25, -0.2) is 13.9 Å². The highest BCUT2D eigenvalue weighted by Crippen LogP contribution is 2.37. The summed E-state index contributed by atoms with van der Waals surface area (Å²) in [6, 6.07) is 3.52. The van der Waals surface area contributed by atoms with Crippen molar-refractivity contribution in [2.45, 2.75) is 6.18 Å². The van der Waals surface area contributed by atoms with E-state index in [-0.39, 0.29) is 11.3 Å². The molecule has 0 fully saturated rings. The van der Waals surface area contributed by atoms with E-state index in [0.717, 1.165) is 29.0 Å². The average Bonchev–Trinajstić information content (AvgIpc) is 2.94. The van der Waals surface area contributed by atoms with Gasteiger partial charge in [-0.1, -0.05) is 6.07 Å². The first kappa shape index (κ1) is 15.7. The van der Waals surface area contributed by atoms with Gasteiger partial charge in [-0.05, 0) is 12.1 Å². The number of hydrogen-bond acceptors (Lipinski definition) is 4. The maximum atomic E-state index is 14.3. The lowest BCUT2D eigenvalue weighted by Gasteiger charge is -2.13. The van der Waals surface area contributed by atoms with Crippen molar-refractivity contribution in [3.8, 4) is 17.0 Å². The van der Waals surface area contributed by atoms with Crippen LogP contribution in [0.2, 0.25) is 0 Å². The first-order valence-electron chi connectivity index (χ1n) is 6.39. The number of nitrogens with one attached hydrogen (secondary N) is 1. The van der Waals surface area contributed by atoms with Gasteiger partial charge in [0.05, 0.1) is 11.3 Å². The van der Waals surface area contributed by atoms with Crippen LogP contribution >= 0.6 is 0 Å². The van der Waals surface area contributed by atoms with E-state index in [1.54, 1.807) is 0 Å². The van der Waals surface area contributed by atoms with Crippen molar-refractivity contribution < 1.29 is 27.5 Å². The smallest absolute Gasteiger partial charge is 0.419 e. The molecule has 24 heavy (non-hydrogen) atoms. The van der Waals surface area contributed by atoms with Crippen LogP contribution in [0.3, 0.4) is 0 Å². The number of amides is 1. The van der Waals surface area contributed by atoms with E-state index in [2.05, 4.69) is 10.1 Å². The van der Waals surface area contributed by atoms with Crippen LogP contribution in [0.4, 0.5) is 17.6 Å². The van der Waals surface area contributed by atoms with Crippen LogP contribution < -0.4 is 5.73 Å². The van der Waals surface area contributed by atoms with Crippen molar-refractivity contribution in [2.75, 3.05) is 0 Å². The zero-order chi connectivity index (χ0) is 17.6. The summed E-state index contributed by atoms with van der Waals surface area (Å²) in [6.45, 7) is 0. The Morgan fingerprint density at radius 1 is 1.29 bits per heavy atom. The van der Waals surface area contributed by atoms with Crippen LogP contribution in [0.15, 0.2) is 30.6 Å². The first-order chi connectivity index (χ1) is 11.2. The van der Waals surface area contributed by atoms with Crippen molar-refractivity contribution in [2.24, 2.45) is 0 Å². The van der Waals surface area contributed by atoms with Crippen LogP contribution in [-0.4, -0.2) is 25.6 Å². The standard InChI is InChI=1S/C14H7F4N4O2/c15-11-6(2-1-3-7(11)14(16,17)18)8-4-9(23)10(12(19)24)13-20-5-21-22(8)13/h1-5,19,23H. The summed E-state index contributed by atoms with van der Waals surface area (Å²) in [6.07, 6.45) is -3.93. The van der Waals surface area contributed by atoms with Crippen molar-refractivity contribution in [1.29, 1.82) is 0 Å². The molecule has 0 unspecified atom stereocenters. The molecule has 3 rings (SSSR count). The summed E-state index contributed by atoms with van der Waals surface area (Å²) < 4.78 is 53.8. The molecule has 3 aromatic rings. The van der Waals surface area contributed by atoms with Crippen molar-refractivity contribution in [1.82, 2.24) is 20.3 Å². The fraction of sp³-hybridized carbons (Fsp3) is 0.0714. The monoisotopic (exact) mass is 339 g/mol. The molecule has 2 aromatic heterocycles. The number of carbonyl (C=O) groups is 1. The Hall–Kier alpha value is -3.17. The Kier molecular flexibility index (Phi) is 3.39. The number of pyridine rings is 1. The van der Waals surface area contributed by atoms with E-state index in [9.17, 15) is 27.5 Å². The molecule has 6 nitrogen and oxygen atoms in total. The second-order valence-electron chi connectivity index (χ2n) is 4.78. The molecule has 0 aliphatic heterocycles. The van der Waals surface area contributed by atoms with Gasteiger partial charge in [0.25, 0.3) is 5.91 Å². The highest BCUT2D eigenvalue weighted by atomic mass is 19.4. The van der Waals surface area contributed by atoms with Crippen LogP contribution in [0.25, 0.3) is 16.9 Å². The lowest BCUT2D eigenvalue weighted by molar-refractivity contribution is -0.139. The van der Waals surface area contributed by atoms with Gasteiger partial charge in [-0.3, -0.25) is 10.5 Å². The minimum Gasteiger partial charge on any atom is -0.507 e. The molecule has 0 spiro atoms. The number of nitrogens with zero attached hydrogens (tertiary/aromatic N) is 3. The molecule has 0 saturated heterocycles. The second-order valence-corrected chi connectivity index (χ2v) is 4.78. The number of benzene rings is 1. The van der Waals surface area contributed by atoms with Gasteiger partial charge in [-0.2, -0.15) is 18.3 Å². The molecule has 10 heteroatoms. The summed E-state index contributed by atoms with van der Waals surface area (Å²) in [5.74, 6) is -3.52. The Morgan fingerprint density at radius 3 is 2.62 bits per heavy atom. The summed E-state index contributed by atoms with van der Waals surface area (Å²) in [5.41, 5.74) is 4.16. The molecule has 0 aliphatic carbocycles. The van der Waals surface area contributed by atoms with E-state index in [0.29, 0.717) is 6.07 Å². The van der Waals surface area contributed by atoms with Gasteiger partial charge in [0.2, 0.25) is 0 Å². The predicted octanol–water partition coefficient (Wildman–Crippen LogP) is 2.68. The number of hydrogen-bond donors (Lipinski definition) is 1. The van der Waals surface area contributed by atoms with E-state index in [4.69, 9.17) is 5.73 Å². The normalized spacial score (nSPS) is 11.8. The maximum absolute atomic E-state index is 14.3. The first-order valence-corrected chi connectivity index (χ1v) is 6.39. The van der Waals surface area contributed by atoms with Gasteiger partial charge < -0.3 is 5.11 Å². The molecule has 2 N–H and O–H groups in total. The van der Waals surface area contributed by atoms with Crippen LogP contribution in [0, 0.1) is 5.82 Å². The fourth-order valence-electron chi connectivity index (χ4n) is 2.32. The quantitative estimate of drug-likeness (QED) is 0.727. The Bertz CT molecular complexity index is 965. The van der Waals surface area contributed by atoms with Crippen LogP contribution in [-0.2, 0) is 6.18 Å². The number of aromatic hydroxyl groups is 1. The molecular formula is C14H7F4N4O2.